The first kappa shape index (κ1) is 23.4. The molecule has 1 aromatic heterocycles. The molecule has 2 rings (SSSR count). The summed E-state index contributed by atoms with van der Waals surface area (Å²) in [5.74, 6) is 1.13. The molecule has 3 N–H and O–H groups in total. The molecule has 150 valence electrons. The van der Waals surface area contributed by atoms with Gasteiger partial charge in [-0.05, 0) is 25.8 Å². The van der Waals surface area contributed by atoms with Crippen molar-refractivity contribution in [3.63, 3.8) is 0 Å². The molecule has 0 bridgehead atoms. The molecule has 2 atom stereocenters. The predicted molar refractivity (Wildman–Crippen MR) is 122 cm³/mol. The van der Waals surface area contributed by atoms with Gasteiger partial charge in [0.2, 0.25) is 0 Å². The first-order valence-corrected chi connectivity index (χ1v) is 9.25. The minimum atomic E-state index is -1.06. The maximum absolute atomic E-state index is 10.7. The van der Waals surface area contributed by atoms with Crippen LogP contribution < -0.4 is 10.6 Å². The van der Waals surface area contributed by atoms with E-state index in [-0.39, 0.29) is 30.5 Å². The van der Waals surface area contributed by atoms with Gasteiger partial charge in [-0.25, -0.2) is 4.99 Å². The van der Waals surface area contributed by atoms with Crippen LogP contribution in [0.5, 0.6) is 0 Å². The van der Waals surface area contributed by atoms with Crippen LogP contribution in [-0.2, 0) is 12.6 Å². The Bertz CT molecular complexity index is 699. The van der Waals surface area contributed by atoms with Crippen molar-refractivity contribution >= 4 is 29.9 Å². The van der Waals surface area contributed by atoms with Crippen molar-refractivity contribution in [1.29, 1.82) is 0 Å². The van der Waals surface area contributed by atoms with E-state index in [4.69, 9.17) is 0 Å². The summed E-state index contributed by atoms with van der Waals surface area (Å²) in [5, 5.41) is 21.5. The lowest BCUT2D eigenvalue weighted by atomic mass is 9.96. The number of hydrogen-bond donors (Lipinski definition) is 3. The van der Waals surface area contributed by atoms with Crippen LogP contribution in [0.1, 0.15) is 44.2 Å². The van der Waals surface area contributed by atoms with E-state index in [1.54, 1.807) is 17.8 Å². The topological polar surface area (TPSA) is 74.5 Å². The van der Waals surface area contributed by atoms with Gasteiger partial charge in [0.1, 0.15) is 5.60 Å². The predicted octanol–water partition coefficient (Wildman–Crippen LogP) is 2.99. The Labute approximate surface area is 179 Å². The van der Waals surface area contributed by atoms with Crippen LogP contribution in [0.25, 0.3) is 0 Å². The second kappa shape index (κ2) is 11.3. The zero-order valence-corrected chi connectivity index (χ0v) is 19.0. The van der Waals surface area contributed by atoms with Gasteiger partial charge in [0.15, 0.2) is 5.96 Å². The van der Waals surface area contributed by atoms with Gasteiger partial charge in [-0.1, -0.05) is 37.3 Å². The maximum Gasteiger partial charge on any atom is 0.191 e. The standard InChI is InChI=1S/C20H31N5O.HI/c1-5-16(17-10-8-7-9-11-17)12-22-19(21-6-2)23-15-20(3,26)18-13-24-25(4)14-18;/h7-11,13-14,16,26H,5-6,12,15H2,1-4H3,(H2,21,22,23);1H. The summed E-state index contributed by atoms with van der Waals surface area (Å²) >= 11 is 0. The average molecular weight is 485 g/mol. The molecule has 0 fully saturated rings. The van der Waals surface area contributed by atoms with Crippen molar-refractivity contribution < 1.29 is 5.11 Å². The van der Waals surface area contributed by atoms with Crippen LogP contribution in [0.4, 0.5) is 0 Å². The van der Waals surface area contributed by atoms with Crippen molar-refractivity contribution in [3.8, 4) is 0 Å². The second-order valence-electron chi connectivity index (χ2n) is 6.77. The Hall–Kier alpha value is -1.61. The lowest BCUT2D eigenvalue weighted by Gasteiger charge is -2.22. The number of benzene rings is 1. The highest BCUT2D eigenvalue weighted by Gasteiger charge is 2.24. The Balaban J connectivity index is 0.00000364. The molecule has 1 aromatic carbocycles. The Morgan fingerprint density at radius 3 is 2.52 bits per heavy atom. The molecule has 1 heterocycles. The van der Waals surface area contributed by atoms with Gasteiger partial charge in [0.05, 0.1) is 12.7 Å². The van der Waals surface area contributed by atoms with E-state index in [0.717, 1.165) is 25.1 Å². The molecule has 27 heavy (non-hydrogen) atoms. The third-order valence-corrected chi connectivity index (χ3v) is 4.50. The van der Waals surface area contributed by atoms with Crippen LogP contribution in [0, 0.1) is 0 Å². The van der Waals surface area contributed by atoms with Gasteiger partial charge in [-0.3, -0.25) is 4.68 Å². The molecule has 2 aromatic rings. The number of guanidine groups is 1. The summed E-state index contributed by atoms with van der Waals surface area (Å²) < 4.78 is 1.68. The smallest absolute Gasteiger partial charge is 0.191 e. The fourth-order valence-electron chi connectivity index (χ4n) is 2.81. The summed E-state index contributed by atoms with van der Waals surface area (Å²) in [7, 11) is 1.84. The Morgan fingerprint density at radius 2 is 1.96 bits per heavy atom. The molecular weight excluding hydrogens is 453 g/mol. The maximum atomic E-state index is 10.7. The molecule has 0 spiro atoms. The zero-order valence-electron chi connectivity index (χ0n) is 16.6. The summed E-state index contributed by atoms with van der Waals surface area (Å²) in [6.07, 6.45) is 4.54. The fourth-order valence-corrected chi connectivity index (χ4v) is 2.81. The molecule has 0 saturated carbocycles. The number of aliphatic hydroxyl groups is 1. The average Bonchev–Trinajstić information content (AvgIpc) is 3.08. The molecule has 0 saturated heterocycles. The number of aryl methyl sites for hydroxylation is 1. The number of aliphatic imine (C=N–C) groups is 1. The summed E-state index contributed by atoms with van der Waals surface area (Å²) in [4.78, 5) is 4.58. The van der Waals surface area contributed by atoms with E-state index in [2.05, 4.69) is 51.9 Å². The van der Waals surface area contributed by atoms with E-state index < -0.39 is 5.60 Å². The van der Waals surface area contributed by atoms with Crippen molar-refractivity contribution in [2.24, 2.45) is 12.0 Å². The van der Waals surface area contributed by atoms with Gasteiger partial charge in [0, 0.05) is 37.8 Å². The van der Waals surface area contributed by atoms with Gasteiger partial charge < -0.3 is 15.7 Å². The molecule has 0 radical (unpaired) electrons. The van der Waals surface area contributed by atoms with Crippen molar-refractivity contribution in [3.05, 3.63) is 53.9 Å². The van der Waals surface area contributed by atoms with E-state index in [1.165, 1.54) is 5.56 Å². The highest BCUT2D eigenvalue weighted by atomic mass is 127. The van der Waals surface area contributed by atoms with E-state index in [9.17, 15) is 5.11 Å². The molecule has 0 amide bonds. The zero-order chi connectivity index (χ0) is 19.0. The number of nitrogens with one attached hydrogen (secondary N) is 2. The van der Waals surface area contributed by atoms with Gasteiger partial charge >= 0.3 is 0 Å². The number of rotatable bonds is 8. The van der Waals surface area contributed by atoms with Crippen LogP contribution in [0.3, 0.4) is 0 Å². The van der Waals surface area contributed by atoms with Crippen molar-refractivity contribution in [1.82, 2.24) is 20.4 Å². The summed E-state index contributed by atoms with van der Waals surface area (Å²) in [6.45, 7) is 7.80. The minimum absolute atomic E-state index is 0. The highest BCUT2D eigenvalue weighted by Crippen LogP contribution is 2.20. The van der Waals surface area contributed by atoms with E-state index >= 15 is 0 Å². The molecule has 2 unspecified atom stereocenters. The van der Waals surface area contributed by atoms with Crippen molar-refractivity contribution in [2.45, 2.75) is 38.7 Å². The normalized spacial score (nSPS) is 14.8. The second-order valence-corrected chi connectivity index (χ2v) is 6.77. The quantitative estimate of drug-likeness (QED) is 0.306. The van der Waals surface area contributed by atoms with Crippen LogP contribution in [-0.4, -0.2) is 40.5 Å². The molecule has 7 heteroatoms. The highest BCUT2D eigenvalue weighted by molar-refractivity contribution is 14.0. The first-order chi connectivity index (χ1) is 12.5. The van der Waals surface area contributed by atoms with Crippen LogP contribution >= 0.6 is 24.0 Å². The molecule has 6 nitrogen and oxygen atoms in total. The third-order valence-electron chi connectivity index (χ3n) is 4.50. The largest absolute Gasteiger partial charge is 0.383 e. The number of aromatic nitrogens is 2. The van der Waals surface area contributed by atoms with Gasteiger partial charge in [0.25, 0.3) is 0 Å². The number of nitrogens with zero attached hydrogens (tertiary/aromatic N) is 3. The Kier molecular flexibility index (Phi) is 9.79. The first-order valence-electron chi connectivity index (χ1n) is 9.25. The van der Waals surface area contributed by atoms with Crippen LogP contribution in [0.2, 0.25) is 0 Å². The SMILES string of the molecule is CCNC(=NCC(C)(O)c1cnn(C)c1)NCC(CC)c1ccccc1.I. The third kappa shape index (κ3) is 7.14. The van der Waals surface area contributed by atoms with E-state index in [1.807, 2.05) is 26.2 Å². The summed E-state index contributed by atoms with van der Waals surface area (Å²) in [5.41, 5.74) is 1.02. The lowest BCUT2D eigenvalue weighted by Crippen LogP contribution is -2.40. The van der Waals surface area contributed by atoms with Crippen molar-refractivity contribution in [2.75, 3.05) is 19.6 Å². The Morgan fingerprint density at radius 1 is 1.26 bits per heavy atom. The molecule has 0 aliphatic heterocycles. The monoisotopic (exact) mass is 485 g/mol. The number of hydrogen-bond acceptors (Lipinski definition) is 3. The summed E-state index contributed by atoms with van der Waals surface area (Å²) in [6, 6.07) is 10.5. The number of halogens is 1. The van der Waals surface area contributed by atoms with Gasteiger partial charge in [-0.15, -0.1) is 24.0 Å². The lowest BCUT2D eigenvalue weighted by molar-refractivity contribution is 0.0672. The van der Waals surface area contributed by atoms with Gasteiger partial charge in [-0.2, -0.15) is 5.10 Å². The minimum Gasteiger partial charge on any atom is -0.383 e. The fraction of sp³-hybridized carbons (Fsp3) is 0.500. The van der Waals surface area contributed by atoms with E-state index in [0.29, 0.717) is 11.9 Å². The van der Waals surface area contributed by atoms with Crippen LogP contribution in [0.15, 0.2) is 47.7 Å². The molecule has 0 aliphatic carbocycles. The molecular formula is C20H32IN5O. The molecule has 0 aliphatic rings.